The summed E-state index contributed by atoms with van der Waals surface area (Å²) in [4.78, 5) is 18.0. The van der Waals surface area contributed by atoms with Gasteiger partial charge in [0.1, 0.15) is 5.69 Å². The second-order valence-corrected chi connectivity index (χ2v) is 10.5. The first-order chi connectivity index (χ1) is 14.8. The van der Waals surface area contributed by atoms with Gasteiger partial charge in [-0.05, 0) is 37.0 Å². The van der Waals surface area contributed by atoms with Gasteiger partial charge in [0, 0.05) is 19.3 Å². The van der Waals surface area contributed by atoms with Gasteiger partial charge in [0.15, 0.2) is 0 Å². The van der Waals surface area contributed by atoms with Crippen LogP contribution < -0.4 is 0 Å². The zero-order chi connectivity index (χ0) is 22.5. The van der Waals surface area contributed by atoms with Gasteiger partial charge in [-0.1, -0.05) is 6.92 Å². The van der Waals surface area contributed by atoms with Crippen LogP contribution in [0.5, 0.6) is 0 Å². The van der Waals surface area contributed by atoms with Crippen LogP contribution in [0.4, 0.5) is 8.78 Å². The van der Waals surface area contributed by atoms with Gasteiger partial charge in [-0.2, -0.15) is 0 Å². The molecule has 0 N–H and O–H groups in total. The van der Waals surface area contributed by atoms with E-state index >= 15 is 0 Å². The number of hydrogen-bond acceptors (Lipinski definition) is 3. The predicted octanol–water partition coefficient (Wildman–Crippen LogP) is 5.35. The van der Waals surface area contributed by atoms with E-state index in [1.807, 2.05) is 26.9 Å². The summed E-state index contributed by atoms with van der Waals surface area (Å²) in [7, 11) is 1.91. The molecule has 1 atom stereocenters. The van der Waals surface area contributed by atoms with Gasteiger partial charge in [-0.3, -0.25) is 9.78 Å². The minimum atomic E-state index is -0.544. The molecule has 2 aliphatic rings. The van der Waals surface area contributed by atoms with Crippen LogP contribution in [-0.4, -0.2) is 38.8 Å². The Morgan fingerprint density at radius 3 is 2.52 bits per heavy atom. The second-order valence-electron chi connectivity index (χ2n) is 8.00. The number of aryl methyl sites for hydroxylation is 1. The van der Waals surface area contributed by atoms with E-state index in [1.165, 1.54) is 36.6 Å². The first-order valence-electron chi connectivity index (χ1n) is 10.6. The van der Waals surface area contributed by atoms with Crippen LogP contribution in [0.3, 0.4) is 0 Å². The molecular weight excluding hydrogens is 618 g/mol. The van der Waals surface area contributed by atoms with E-state index in [2.05, 4.69) is 11.9 Å². The topological polar surface area (TPSA) is 36.4 Å². The summed E-state index contributed by atoms with van der Waals surface area (Å²) < 4.78 is 29.1. The molecule has 8 heteroatoms. The zero-order valence-corrected chi connectivity index (χ0v) is 21.4. The number of amides is 1. The molecule has 0 spiro atoms. The Balaban J connectivity index is 0.000000176. The molecule has 31 heavy (non-hydrogen) atoms. The fourth-order valence-electron chi connectivity index (χ4n) is 3.81. The molecule has 1 saturated heterocycles. The molecule has 2 heterocycles. The first kappa shape index (κ1) is 24.5. The van der Waals surface area contributed by atoms with E-state index < -0.39 is 11.6 Å². The molecular formula is C23H27AtClF2N3O. The molecule has 1 aromatic heterocycles. The van der Waals surface area contributed by atoms with Gasteiger partial charge in [-0.15, -0.1) is 0 Å². The average Bonchev–Trinajstić information content (AvgIpc) is 3.42. The van der Waals surface area contributed by atoms with E-state index in [4.69, 9.17) is 11.6 Å². The minimum absolute atomic E-state index is 0.0246. The van der Waals surface area contributed by atoms with Crippen LogP contribution >= 0.6 is 11.6 Å². The summed E-state index contributed by atoms with van der Waals surface area (Å²) in [6, 6.07) is 6.14. The van der Waals surface area contributed by atoms with Crippen molar-refractivity contribution in [2.24, 2.45) is 5.92 Å². The SMILES string of the molecule is CCc1ccnc(C(=O)N2CCCC2)c1.CN([At])C(c1cc(F)c(Cl)cc1F)C1CC1. The van der Waals surface area contributed by atoms with E-state index in [1.54, 1.807) is 6.20 Å². The molecule has 0 bridgehead atoms. The molecule has 168 valence electrons. The number of nitrogens with zero attached hydrogens (tertiary/aromatic N) is 3. The van der Waals surface area contributed by atoms with Gasteiger partial charge in [-0.25, -0.2) is 0 Å². The summed E-state index contributed by atoms with van der Waals surface area (Å²) in [5, 5.41) is -0.153. The van der Waals surface area contributed by atoms with Crippen LogP contribution in [0.25, 0.3) is 0 Å². The standard InChI is InChI=1S/C12H16N2O.C11H11AtClF2N/c1-2-10-5-6-13-11(9-10)12(15)14-7-3-4-8-14;1-16(12)11(6-2-3-6)7-4-10(15)8(13)5-9(7)14/h5-6,9H,2-4,7-8H2,1H3;4-6,11H,2-3H2,1H3. The van der Waals surface area contributed by atoms with E-state index in [-0.39, 0.29) is 17.0 Å². The Bertz CT molecular complexity index is 916. The molecule has 1 aromatic carbocycles. The quantitative estimate of drug-likeness (QED) is 0.413. The van der Waals surface area contributed by atoms with Crippen LogP contribution in [0.15, 0.2) is 30.5 Å². The molecule has 1 amide bonds. The number of hydrogen-bond donors (Lipinski definition) is 0. The van der Waals surface area contributed by atoms with Gasteiger partial charge in [0.05, 0.1) is 0 Å². The van der Waals surface area contributed by atoms with Crippen molar-refractivity contribution >= 4 is 17.5 Å². The third-order valence-electron chi connectivity index (χ3n) is 5.66. The number of aromatic nitrogens is 1. The fourth-order valence-corrected chi connectivity index (χ4v) is 4.98. The second kappa shape index (κ2) is 11.1. The maximum absolute atomic E-state index is 13.8. The van der Waals surface area contributed by atoms with Crippen molar-refractivity contribution in [3.8, 4) is 0 Å². The Morgan fingerprint density at radius 2 is 1.94 bits per heavy atom. The molecule has 1 aliphatic heterocycles. The molecule has 2 aromatic rings. The average molecular weight is 645 g/mol. The van der Waals surface area contributed by atoms with Gasteiger partial charge >= 0.3 is 114 Å². The van der Waals surface area contributed by atoms with Crippen LogP contribution in [0, 0.1) is 42.6 Å². The number of rotatable bonds is 5. The fraction of sp³-hybridized carbons (Fsp3) is 0.478. The van der Waals surface area contributed by atoms with E-state index in [0.717, 1.165) is 51.3 Å². The zero-order valence-electron chi connectivity index (χ0n) is 17.8. The third kappa shape index (κ3) is 6.43. The molecule has 2 fully saturated rings. The van der Waals surface area contributed by atoms with Crippen LogP contribution in [0.2, 0.25) is 5.02 Å². The Hall–Kier alpha value is -1.17. The van der Waals surface area contributed by atoms with Crippen molar-refractivity contribution in [3.63, 3.8) is 0 Å². The first-order valence-corrected chi connectivity index (χ1v) is 12.3. The summed E-state index contributed by atoms with van der Waals surface area (Å²) in [6.45, 7) is 3.85. The van der Waals surface area contributed by atoms with Crippen molar-refractivity contribution in [3.05, 3.63) is 63.9 Å². The van der Waals surface area contributed by atoms with Crippen molar-refractivity contribution in [2.45, 2.75) is 45.1 Å². The molecule has 4 nitrogen and oxygen atoms in total. The Morgan fingerprint density at radius 1 is 1.26 bits per heavy atom. The number of likely N-dealkylation sites (tertiary alicyclic amines) is 1. The Kier molecular flexibility index (Phi) is 8.77. The normalized spacial score (nSPS) is 16.8. The summed E-state index contributed by atoms with van der Waals surface area (Å²) in [5.74, 6) is -0.420. The summed E-state index contributed by atoms with van der Waals surface area (Å²) in [6.07, 6.45) is 7.09. The monoisotopic (exact) mass is 644 g/mol. The van der Waals surface area contributed by atoms with Gasteiger partial charge in [0.25, 0.3) is 5.91 Å². The van der Waals surface area contributed by atoms with Gasteiger partial charge < -0.3 is 4.90 Å². The number of carbonyl (C=O) groups is 1. The van der Waals surface area contributed by atoms with Crippen molar-refractivity contribution in [1.82, 2.24) is 12.7 Å². The number of pyridine rings is 1. The summed E-state index contributed by atoms with van der Waals surface area (Å²) in [5.41, 5.74) is 2.19. The van der Waals surface area contributed by atoms with Crippen molar-refractivity contribution < 1.29 is 38.6 Å². The predicted molar refractivity (Wildman–Crippen MR) is 113 cm³/mol. The number of benzene rings is 1. The molecule has 1 unspecified atom stereocenters. The Labute approximate surface area is 203 Å². The van der Waals surface area contributed by atoms with Crippen LogP contribution in [0.1, 0.15) is 60.3 Å². The molecule has 1 aliphatic carbocycles. The van der Waals surface area contributed by atoms with Crippen molar-refractivity contribution in [1.29, 1.82) is 0 Å². The molecule has 0 radical (unpaired) electrons. The van der Waals surface area contributed by atoms with Gasteiger partial charge in [0.2, 0.25) is 0 Å². The molecule has 1 saturated carbocycles. The third-order valence-corrected chi connectivity index (χ3v) is 6.76. The van der Waals surface area contributed by atoms with Crippen molar-refractivity contribution in [2.75, 3.05) is 20.1 Å². The van der Waals surface area contributed by atoms with Crippen LogP contribution in [-0.2, 0) is 6.42 Å². The molecule has 4 rings (SSSR count). The number of halogens is 3. The maximum atomic E-state index is 13.8. The van der Waals surface area contributed by atoms with E-state index in [0.29, 0.717) is 17.2 Å². The van der Waals surface area contributed by atoms with E-state index in [9.17, 15) is 13.6 Å². The number of carbonyl (C=O) groups excluding carboxylic acids is 1. The summed E-state index contributed by atoms with van der Waals surface area (Å²) >= 11 is 7.00.